The molecule has 2 rings (SSSR count). The molecule has 2 aromatic rings. The number of anilines is 1. The SMILES string of the molecule is Nc1n[nH]nc1COc1ccccc1F. The Labute approximate surface area is 85.1 Å². The van der Waals surface area contributed by atoms with Crippen LogP contribution in [0.4, 0.5) is 10.2 Å². The van der Waals surface area contributed by atoms with Gasteiger partial charge in [-0.3, -0.25) is 0 Å². The molecule has 0 aliphatic rings. The molecular weight excluding hydrogens is 199 g/mol. The summed E-state index contributed by atoms with van der Waals surface area (Å²) in [4.78, 5) is 0. The third-order valence-corrected chi connectivity index (χ3v) is 1.85. The standard InChI is InChI=1S/C9H9FN4O/c10-6-3-1-2-4-8(6)15-5-7-9(11)13-14-12-7/h1-4H,5H2,(H3,11,12,13,14). The van der Waals surface area contributed by atoms with Gasteiger partial charge in [-0.15, -0.1) is 5.10 Å². The van der Waals surface area contributed by atoms with Crippen LogP contribution in [0, 0.1) is 5.82 Å². The molecule has 1 aromatic heterocycles. The topological polar surface area (TPSA) is 76.8 Å². The number of para-hydroxylation sites is 1. The van der Waals surface area contributed by atoms with Gasteiger partial charge < -0.3 is 10.5 Å². The third-order valence-electron chi connectivity index (χ3n) is 1.85. The Kier molecular flexibility index (Phi) is 2.49. The molecule has 0 fully saturated rings. The van der Waals surface area contributed by atoms with Crippen molar-refractivity contribution in [3.8, 4) is 5.75 Å². The normalized spacial score (nSPS) is 10.2. The Bertz CT molecular complexity index is 457. The molecule has 6 heteroatoms. The van der Waals surface area contributed by atoms with Gasteiger partial charge in [0, 0.05) is 0 Å². The van der Waals surface area contributed by atoms with Crippen LogP contribution < -0.4 is 10.5 Å². The van der Waals surface area contributed by atoms with Gasteiger partial charge in [0.1, 0.15) is 12.3 Å². The second-order valence-corrected chi connectivity index (χ2v) is 2.87. The first kappa shape index (κ1) is 9.45. The van der Waals surface area contributed by atoms with Gasteiger partial charge in [0.15, 0.2) is 17.4 Å². The lowest BCUT2D eigenvalue weighted by atomic mass is 10.3. The predicted molar refractivity (Wildman–Crippen MR) is 51.5 cm³/mol. The summed E-state index contributed by atoms with van der Waals surface area (Å²) in [6.07, 6.45) is 0. The second-order valence-electron chi connectivity index (χ2n) is 2.87. The molecule has 15 heavy (non-hydrogen) atoms. The highest BCUT2D eigenvalue weighted by Crippen LogP contribution is 2.17. The molecule has 0 unspecified atom stereocenters. The average Bonchev–Trinajstić information content (AvgIpc) is 2.63. The number of aromatic nitrogens is 3. The summed E-state index contributed by atoms with van der Waals surface area (Å²) in [5.74, 6) is 0.00538. The zero-order chi connectivity index (χ0) is 10.7. The van der Waals surface area contributed by atoms with Crippen LogP contribution in [0.15, 0.2) is 24.3 Å². The van der Waals surface area contributed by atoms with E-state index in [1.54, 1.807) is 12.1 Å². The van der Waals surface area contributed by atoms with Gasteiger partial charge in [0.05, 0.1) is 0 Å². The van der Waals surface area contributed by atoms with E-state index >= 15 is 0 Å². The van der Waals surface area contributed by atoms with Crippen LogP contribution in [0.1, 0.15) is 5.69 Å². The molecule has 0 atom stereocenters. The van der Waals surface area contributed by atoms with E-state index in [-0.39, 0.29) is 18.2 Å². The summed E-state index contributed by atoms with van der Waals surface area (Å²) in [5.41, 5.74) is 5.92. The van der Waals surface area contributed by atoms with E-state index in [1.165, 1.54) is 12.1 Å². The van der Waals surface area contributed by atoms with Crippen LogP contribution in [-0.2, 0) is 6.61 Å². The molecule has 78 valence electrons. The van der Waals surface area contributed by atoms with Crippen molar-refractivity contribution in [3.05, 3.63) is 35.8 Å². The van der Waals surface area contributed by atoms with Crippen molar-refractivity contribution in [2.45, 2.75) is 6.61 Å². The van der Waals surface area contributed by atoms with Gasteiger partial charge in [0.25, 0.3) is 0 Å². The third kappa shape index (κ3) is 2.04. The lowest BCUT2D eigenvalue weighted by Crippen LogP contribution is -2.00. The molecule has 5 nitrogen and oxygen atoms in total. The Morgan fingerprint density at radius 1 is 1.33 bits per heavy atom. The average molecular weight is 208 g/mol. The van der Waals surface area contributed by atoms with Crippen LogP contribution in [-0.4, -0.2) is 15.4 Å². The molecule has 1 aromatic carbocycles. The maximum atomic E-state index is 13.1. The van der Waals surface area contributed by atoms with Crippen molar-refractivity contribution < 1.29 is 9.13 Å². The molecule has 0 spiro atoms. The monoisotopic (exact) mass is 208 g/mol. The van der Waals surface area contributed by atoms with E-state index < -0.39 is 5.82 Å². The maximum absolute atomic E-state index is 13.1. The van der Waals surface area contributed by atoms with Crippen molar-refractivity contribution in [2.75, 3.05) is 5.73 Å². The number of nitrogens with two attached hydrogens (primary N) is 1. The summed E-state index contributed by atoms with van der Waals surface area (Å²) < 4.78 is 18.3. The molecule has 0 saturated heterocycles. The fourth-order valence-electron chi connectivity index (χ4n) is 1.08. The van der Waals surface area contributed by atoms with Crippen LogP contribution in [0.5, 0.6) is 5.75 Å². The van der Waals surface area contributed by atoms with Gasteiger partial charge in [-0.2, -0.15) is 10.3 Å². The van der Waals surface area contributed by atoms with Gasteiger partial charge >= 0.3 is 0 Å². The number of nitrogens with zero attached hydrogens (tertiary/aromatic N) is 2. The number of hydrogen-bond donors (Lipinski definition) is 2. The molecule has 0 bridgehead atoms. The Morgan fingerprint density at radius 3 is 2.80 bits per heavy atom. The molecule has 0 radical (unpaired) electrons. The summed E-state index contributed by atoms with van der Waals surface area (Å²) in [6.45, 7) is 0.0866. The first-order chi connectivity index (χ1) is 7.27. The summed E-state index contributed by atoms with van der Waals surface area (Å²) >= 11 is 0. The highest BCUT2D eigenvalue weighted by molar-refractivity contribution is 5.32. The minimum Gasteiger partial charge on any atom is -0.484 e. The van der Waals surface area contributed by atoms with Gasteiger partial charge in [0.2, 0.25) is 0 Å². The Balaban J connectivity index is 2.06. The predicted octanol–water partition coefficient (Wildman–Crippen LogP) is 1.10. The van der Waals surface area contributed by atoms with Crippen molar-refractivity contribution in [1.29, 1.82) is 0 Å². The van der Waals surface area contributed by atoms with E-state index in [9.17, 15) is 4.39 Å². The molecule has 0 amide bonds. The fraction of sp³-hybridized carbons (Fsp3) is 0.111. The summed E-state index contributed by atoms with van der Waals surface area (Å²) in [6, 6.07) is 6.13. The van der Waals surface area contributed by atoms with Crippen molar-refractivity contribution in [2.24, 2.45) is 0 Å². The van der Waals surface area contributed by atoms with E-state index in [0.717, 1.165) is 0 Å². The number of aromatic amines is 1. The van der Waals surface area contributed by atoms with E-state index in [2.05, 4.69) is 15.4 Å². The van der Waals surface area contributed by atoms with E-state index in [1.807, 2.05) is 0 Å². The first-order valence-electron chi connectivity index (χ1n) is 4.30. The lowest BCUT2D eigenvalue weighted by Gasteiger charge is -2.04. The number of nitrogens with one attached hydrogen (secondary N) is 1. The summed E-state index contributed by atoms with van der Waals surface area (Å²) in [7, 11) is 0. The van der Waals surface area contributed by atoms with Crippen molar-refractivity contribution in [1.82, 2.24) is 15.4 Å². The molecule has 0 saturated carbocycles. The number of hydrogen-bond acceptors (Lipinski definition) is 4. The van der Waals surface area contributed by atoms with Crippen LogP contribution in [0.3, 0.4) is 0 Å². The molecule has 0 aliphatic carbocycles. The number of nitrogen functional groups attached to an aromatic ring is 1. The van der Waals surface area contributed by atoms with Crippen molar-refractivity contribution >= 4 is 5.82 Å². The molecule has 3 N–H and O–H groups in total. The minimum absolute atomic E-state index is 0.0866. The fourth-order valence-corrected chi connectivity index (χ4v) is 1.08. The molecule has 1 heterocycles. The number of ether oxygens (including phenoxy) is 1. The largest absolute Gasteiger partial charge is 0.484 e. The lowest BCUT2D eigenvalue weighted by molar-refractivity contribution is 0.286. The smallest absolute Gasteiger partial charge is 0.172 e. The van der Waals surface area contributed by atoms with E-state index in [0.29, 0.717) is 5.69 Å². The van der Waals surface area contributed by atoms with Crippen LogP contribution in [0.25, 0.3) is 0 Å². The number of halogens is 1. The number of benzene rings is 1. The van der Waals surface area contributed by atoms with Crippen LogP contribution >= 0.6 is 0 Å². The highest BCUT2D eigenvalue weighted by atomic mass is 19.1. The van der Waals surface area contributed by atoms with Gasteiger partial charge in [-0.25, -0.2) is 4.39 Å². The maximum Gasteiger partial charge on any atom is 0.172 e. The molecule has 0 aliphatic heterocycles. The zero-order valence-corrected chi connectivity index (χ0v) is 7.77. The Hall–Kier alpha value is -2.11. The van der Waals surface area contributed by atoms with Crippen molar-refractivity contribution in [3.63, 3.8) is 0 Å². The minimum atomic E-state index is -0.417. The highest BCUT2D eigenvalue weighted by Gasteiger charge is 2.06. The molecular formula is C9H9FN4O. The van der Waals surface area contributed by atoms with Gasteiger partial charge in [-0.05, 0) is 12.1 Å². The van der Waals surface area contributed by atoms with Crippen LogP contribution in [0.2, 0.25) is 0 Å². The Morgan fingerprint density at radius 2 is 2.13 bits per heavy atom. The summed E-state index contributed by atoms with van der Waals surface area (Å²) in [5, 5.41) is 9.72. The number of rotatable bonds is 3. The van der Waals surface area contributed by atoms with Gasteiger partial charge in [-0.1, -0.05) is 12.1 Å². The quantitative estimate of drug-likeness (QED) is 0.791. The second kappa shape index (κ2) is 3.95. The first-order valence-corrected chi connectivity index (χ1v) is 4.30. The zero-order valence-electron chi connectivity index (χ0n) is 7.77. The number of H-pyrrole nitrogens is 1. The van der Waals surface area contributed by atoms with E-state index in [4.69, 9.17) is 10.5 Å².